The highest BCUT2D eigenvalue weighted by Gasteiger charge is 2.18. The quantitative estimate of drug-likeness (QED) is 0.486. The van der Waals surface area contributed by atoms with Crippen molar-refractivity contribution in [3.05, 3.63) is 10.7 Å². The number of aliphatic hydroxyl groups excluding tert-OH is 1. The van der Waals surface area contributed by atoms with Crippen LogP contribution in [0.5, 0.6) is 0 Å². The standard InChI is InChI=1S/C9H14ClN3OS/c1-4-5(14)6-7(10)12-9(15-3)13-8(6)11-2/h5,14H,4H2,1-3H3,(H,11,12,13). The second-order valence-electron chi connectivity index (χ2n) is 2.94. The molecule has 15 heavy (non-hydrogen) atoms. The molecule has 0 aliphatic rings. The van der Waals surface area contributed by atoms with Crippen LogP contribution in [0.15, 0.2) is 5.16 Å². The smallest absolute Gasteiger partial charge is 0.190 e. The van der Waals surface area contributed by atoms with Gasteiger partial charge in [0.15, 0.2) is 5.16 Å². The first kappa shape index (κ1) is 12.5. The van der Waals surface area contributed by atoms with E-state index < -0.39 is 6.10 Å². The van der Waals surface area contributed by atoms with Crippen molar-refractivity contribution in [3.8, 4) is 0 Å². The first-order valence-corrected chi connectivity index (χ1v) is 6.21. The average Bonchev–Trinajstić information content (AvgIpc) is 2.26. The van der Waals surface area contributed by atoms with E-state index in [1.807, 2.05) is 13.2 Å². The molecule has 1 aromatic rings. The zero-order chi connectivity index (χ0) is 11.4. The molecule has 0 saturated heterocycles. The number of rotatable bonds is 4. The SMILES string of the molecule is CCC(O)c1c(Cl)nc(SC)nc1NC. The summed E-state index contributed by atoms with van der Waals surface area (Å²) in [6.45, 7) is 1.88. The lowest BCUT2D eigenvalue weighted by Gasteiger charge is -2.14. The molecule has 1 atom stereocenters. The van der Waals surface area contributed by atoms with Gasteiger partial charge in [-0.05, 0) is 12.7 Å². The summed E-state index contributed by atoms with van der Waals surface area (Å²) in [5, 5.41) is 13.6. The Bertz CT molecular complexity index is 348. The molecule has 4 nitrogen and oxygen atoms in total. The van der Waals surface area contributed by atoms with Gasteiger partial charge in [-0.25, -0.2) is 9.97 Å². The first-order valence-electron chi connectivity index (χ1n) is 4.61. The number of nitrogens with one attached hydrogen (secondary N) is 1. The van der Waals surface area contributed by atoms with E-state index in [4.69, 9.17) is 11.6 Å². The summed E-state index contributed by atoms with van der Waals surface area (Å²) in [5.41, 5.74) is 0.569. The zero-order valence-electron chi connectivity index (χ0n) is 8.91. The van der Waals surface area contributed by atoms with Gasteiger partial charge in [0.1, 0.15) is 11.0 Å². The number of hydrogen-bond acceptors (Lipinski definition) is 5. The summed E-state index contributed by atoms with van der Waals surface area (Å²) in [6.07, 6.45) is 1.83. The van der Waals surface area contributed by atoms with Crippen LogP contribution in [0.25, 0.3) is 0 Å². The Labute approximate surface area is 98.5 Å². The maximum Gasteiger partial charge on any atom is 0.190 e. The highest BCUT2D eigenvalue weighted by atomic mass is 35.5. The second kappa shape index (κ2) is 5.53. The van der Waals surface area contributed by atoms with E-state index in [-0.39, 0.29) is 0 Å². The molecule has 0 aromatic carbocycles. The van der Waals surface area contributed by atoms with Crippen LogP contribution in [0.2, 0.25) is 5.15 Å². The zero-order valence-corrected chi connectivity index (χ0v) is 10.5. The van der Waals surface area contributed by atoms with Gasteiger partial charge in [0.05, 0.1) is 11.7 Å². The molecule has 0 bridgehead atoms. The van der Waals surface area contributed by atoms with Crippen molar-refractivity contribution < 1.29 is 5.11 Å². The van der Waals surface area contributed by atoms with E-state index in [1.54, 1.807) is 7.05 Å². The van der Waals surface area contributed by atoms with Crippen molar-refractivity contribution in [2.24, 2.45) is 0 Å². The minimum Gasteiger partial charge on any atom is -0.388 e. The van der Waals surface area contributed by atoms with E-state index in [0.717, 1.165) is 0 Å². The minimum atomic E-state index is -0.629. The highest BCUT2D eigenvalue weighted by molar-refractivity contribution is 7.98. The Morgan fingerprint density at radius 2 is 2.20 bits per heavy atom. The molecule has 1 unspecified atom stereocenters. The van der Waals surface area contributed by atoms with Gasteiger partial charge < -0.3 is 10.4 Å². The molecule has 2 N–H and O–H groups in total. The Balaban J connectivity index is 3.24. The molecule has 1 heterocycles. The predicted molar refractivity (Wildman–Crippen MR) is 63.6 cm³/mol. The summed E-state index contributed by atoms with van der Waals surface area (Å²) >= 11 is 7.41. The third kappa shape index (κ3) is 2.74. The van der Waals surface area contributed by atoms with Crippen LogP contribution in [0.3, 0.4) is 0 Å². The summed E-state index contributed by atoms with van der Waals surface area (Å²) < 4.78 is 0. The number of nitrogens with zero attached hydrogens (tertiary/aromatic N) is 2. The van der Waals surface area contributed by atoms with Crippen LogP contribution >= 0.6 is 23.4 Å². The van der Waals surface area contributed by atoms with Gasteiger partial charge in [-0.2, -0.15) is 0 Å². The van der Waals surface area contributed by atoms with Crippen LogP contribution in [0.4, 0.5) is 5.82 Å². The van der Waals surface area contributed by atoms with Crippen LogP contribution in [0.1, 0.15) is 25.0 Å². The Hall–Kier alpha value is -0.520. The van der Waals surface area contributed by atoms with Crippen molar-refractivity contribution in [2.75, 3.05) is 18.6 Å². The Kier molecular flexibility index (Phi) is 4.63. The molecule has 1 rings (SSSR count). The fraction of sp³-hybridized carbons (Fsp3) is 0.556. The minimum absolute atomic E-state index is 0.313. The van der Waals surface area contributed by atoms with Gasteiger partial charge in [-0.15, -0.1) is 0 Å². The van der Waals surface area contributed by atoms with Crippen molar-refractivity contribution in [3.63, 3.8) is 0 Å². The fourth-order valence-electron chi connectivity index (χ4n) is 1.20. The lowest BCUT2D eigenvalue weighted by Crippen LogP contribution is -2.07. The molecule has 0 spiro atoms. The highest BCUT2D eigenvalue weighted by Crippen LogP contribution is 2.30. The van der Waals surface area contributed by atoms with Crippen molar-refractivity contribution in [1.82, 2.24) is 9.97 Å². The molecule has 1 aromatic heterocycles. The maximum absolute atomic E-state index is 9.77. The predicted octanol–water partition coefficient (Wildman–Crippen LogP) is 2.34. The summed E-state index contributed by atoms with van der Waals surface area (Å²) in [5.74, 6) is 0.591. The van der Waals surface area contributed by atoms with E-state index >= 15 is 0 Å². The molecule has 6 heteroatoms. The van der Waals surface area contributed by atoms with Gasteiger partial charge in [-0.3, -0.25) is 0 Å². The third-order valence-electron chi connectivity index (χ3n) is 2.02. The van der Waals surface area contributed by atoms with Crippen LogP contribution < -0.4 is 5.32 Å². The molecule has 84 valence electrons. The number of halogens is 1. The lowest BCUT2D eigenvalue weighted by molar-refractivity contribution is 0.173. The lowest BCUT2D eigenvalue weighted by atomic mass is 10.1. The number of aromatic nitrogens is 2. The van der Waals surface area contributed by atoms with Crippen LogP contribution in [0, 0.1) is 0 Å². The topological polar surface area (TPSA) is 58.0 Å². The van der Waals surface area contributed by atoms with E-state index in [2.05, 4.69) is 15.3 Å². The molecule has 0 aliphatic heterocycles. The Morgan fingerprint density at radius 3 is 2.67 bits per heavy atom. The normalized spacial score (nSPS) is 12.6. The molecular formula is C9H14ClN3OS. The molecule has 0 amide bonds. The van der Waals surface area contributed by atoms with E-state index in [0.29, 0.717) is 28.1 Å². The van der Waals surface area contributed by atoms with Gasteiger partial charge in [0, 0.05) is 7.05 Å². The van der Waals surface area contributed by atoms with Gasteiger partial charge >= 0.3 is 0 Å². The van der Waals surface area contributed by atoms with E-state index in [9.17, 15) is 5.11 Å². The number of anilines is 1. The molecule has 0 fully saturated rings. The molecule has 0 saturated carbocycles. The van der Waals surface area contributed by atoms with Gasteiger partial charge in [-0.1, -0.05) is 30.3 Å². The number of hydrogen-bond donors (Lipinski definition) is 2. The molecule has 0 aliphatic carbocycles. The van der Waals surface area contributed by atoms with Crippen molar-refractivity contribution in [2.45, 2.75) is 24.6 Å². The van der Waals surface area contributed by atoms with Gasteiger partial charge in [0.25, 0.3) is 0 Å². The van der Waals surface area contributed by atoms with Crippen LogP contribution in [-0.4, -0.2) is 28.4 Å². The summed E-state index contributed by atoms with van der Waals surface area (Å²) in [7, 11) is 1.74. The molecular weight excluding hydrogens is 234 g/mol. The van der Waals surface area contributed by atoms with E-state index in [1.165, 1.54) is 11.8 Å². The average molecular weight is 248 g/mol. The molecule has 0 radical (unpaired) electrons. The Morgan fingerprint density at radius 1 is 1.53 bits per heavy atom. The summed E-state index contributed by atoms with van der Waals surface area (Å²) in [6, 6.07) is 0. The largest absolute Gasteiger partial charge is 0.388 e. The number of aliphatic hydroxyl groups is 1. The van der Waals surface area contributed by atoms with Crippen LogP contribution in [-0.2, 0) is 0 Å². The maximum atomic E-state index is 9.77. The summed E-state index contributed by atoms with van der Waals surface area (Å²) in [4.78, 5) is 8.32. The van der Waals surface area contributed by atoms with Gasteiger partial charge in [0.2, 0.25) is 0 Å². The van der Waals surface area contributed by atoms with Crippen molar-refractivity contribution >= 4 is 29.2 Å². The second-order valence-corrected chi connectivity index (χ2v) is 4.07. The van der Waals surface area contributed by atoms with Crippen molar-refractivity contribution in [1.29, 1.82) is 0 Å². The monoisotopic (exact) mass is 247 g/mol. The fourth-order valence-corrected chi connectivity index (χ4v) is 1.91. The third-order valence-corrected chi connectivity index (χ3v) is 2.85. The first-order chi connectivity index (χ1) is 7.13. The number of thioether (sulfide) groups is 1.